The molecule has 4 nitrogen and oxygen atoms in total. The van der Waals surface area contributed by atoms with Gasteiger partial charge in [0.2, 0.25) is 0 Å². The Labute approximate surface area is 262 Å². The molecule has 2 rings (SSSR count). The minimum atomic E-state index is 0.0950. The van der Waals surface area contributed by atoms with E-state index in [1.807, 2.05) is 13.8 Å². The summed E-state index contributed by atoms with van der Waals surface area (Å²) >= 11 is 0. The Morgan fingerprint density at radius 2 is 0.791 bits per heavy atom. The number of Topliss-reactive ketones (excluding diaryl/α,β-unsaturated/α-hetero) is 2. The third-order valence-corrected chi connectivity index (χ3v) is 8.80. The Bertz CT molecular complexity index is 1030. The van der Waals surface area contributed by atoms with Gasteiger partial charge in [0.15, 0.2) is 11.6 Å². The zero-order chi connectivity index (χ0) is 31.5. The Balaban J connectivity index is 1.93. The summed E-state index contributed by atoms with van der Waals surface area (Å²) in [5.41, 5.74) is 3.74. The van der Waals surface area contributed by atoms with Gasteiger partial charge in [-0.2, -0.15) is 0 Å². The predicted octanol–water partition coefficient (Wildman–Crippen LogP) is 11.5. The summed E-state index contributed by atoms with van der Waals surface area (Å²) in [5.74, 6) is 0.473. The molecule has 0 unspecified atom stereocenters. The molecule has 0 saturated heterocycles. The van der Waals surface area contributed by atoms with Gasteiger partial charge < -0.3 is 10.2 Å². The highest BCUT2D eigenvalue weighted by molar-refractivity contribution is 5.97. The molecule has 0 atom stereocenters. The summed E-state index contributed by atoms with van der Waals surface area (Å²) in [6, 6.07) is 7.07. The van der Waals surface area contributed by atoms with Crippen molar-refractivity contribution in [2.24, 2.45) is 0 Å². The molecule has 2 N–H and O–H groups in total. The summed E-state index contributed by atoms with van der Waals surface area (Å²) in [4.78, 5) is 26.1. The molecule has 0 heterocycles. The van der Waals surface area contributed by atoms with Gasteiger partial charge in [0.1, 0.15) is 11.5 Å². The molecule has 4 heteroatoms. The largest absolute Gasteiger partial charge is 0.507 e. The molecule has 0 radical (unpaired) electrons. The summed E-state index contributed by atoms with van der Waals surface area (Å²) < 4.78 is 0. The summed E-state index contributed by atoms with van der Waals surface area (Å²) in [5, 5.41) is 21.7. The van der Waals surface area contributed by atoms with E-state index < -0.39 is 0 Å². The topological polar surface area (TPSA) is 74.6 Å². The van der Waals surface area contributed by atoms with Crippen molar-refractivity contribution in [2.75, 3.05) is 0 Å². The molecule has 0 spiro atoms. The maximum Gasteiger partial charge on any atom is 0.162 e. The second-order valence-corrected chi connectivity index (χ2v) is 12.8. The first-order valence-electron chi connectivity index (χ1n) is 17.5. The van der Waals surface area contributed by atoms with Crippen LogP contribution in [-0.4, -0.2) is 21.8 Å². The van der Waals surface area contributed by atoms with Gasteiger partial charge in [-0.1, -0.05) is 117 Å². The molecule has 240 valence electrons. The van der Waals surface area contributed by atoms with Gasteiger partial charge in [-0.25, -0.2) is 0 Å². The van der Waals surface area contributed by atoms with Crippen LogP contribution in [0.25, 0.3) is 0 Å². The average molecular weight is 593 g/mol. The number of rotatable bonds is 24. The molecule has 0 aliphatic carbocycles. The third-order valence-electron chi connectivity index (χ3n) is 8.80. The van der Waals surface area contributed by atoms with E-state index in [-0.39, 0.29) is 29.5 Å². The number of phenols is 2. The maximum atomic E-state index is 13.0. The van der Waals surface area contributed by atoms with Crippen molar-refractivity contribution in [1.82, 2.24) is 0 Å². The molecular weight excluding hydrogens is 532 g/mol. The number of carbonyl (C=O) groups excluding carboxylic acids is 2. The lowest BCUT2D eigenvalue weighted by Gasteiger charge is -2.14. The van der Waals surface area contributed by atoms with Crippen LogP contribution in [0.5, 0.6) is 11.5 Å². The van der Waals surface area contributed by atoms with E-state index in [0.717, 1.165) is 25.7 Å². The van der Waals surface area contributed by atoms with E-state index in [0.29, 0.717) is 46.2 Å². The molecule has 0 aliphatic heterocycles. The molecule has 0 aromatic heterocycles. The predicted molar refractivity (Wildman–Crippen MR) is 181 cm³/mol. The zero-order valence-electron chi connectivity index (χ0n) is 27.9. The van der Waals surface area contributed by atoms with E-state index in [2.05, 4.69) is 13.8 Å². The van der Waals surface area contributed by atoms with Crippen LogP contribution in [0, 0.1) is 13.8 Å². The van der Waals surface area contributed by atoms with Crippen LogP contribution in [0.1, 0.15) is 185 Å². The molecule has 0 amide bonds. The fraction of sp³-hybridized carbons (Fsp3) is 0.641. The van der Waals surface area contributed by atoms with Crippen LogP contribution in [0.3, 0.4) is 0 Å². The highest BCUT2D eigenvalue weighted by atomic mass is 16.3. The number of benzene rings is 2. The minimum Gasteiger partial charge on any atom is -0.507 e. The van der Waals surface area contributed by atoms with Crippen LogP contribution in [0.15, 0.2) is 24.3 Å². The van der Waals surface area contributed by atoms with Crippen molar-refractivity contribution in [3.63, 3.8) is 0 Å². The lowest BCUT2D eigenvalue weighted by molar-refractivity contribution is 0.0971. The number of aromatic hydroxyl groups is 2. The molecule has 2 aromatic carbocycles. The highest BCUT2D eigenvalue weighted by Crippen LogP contribution is 2.32. The van der Waals surface area contributed by atoms with Crippen molar-refractivity contribution < 1.29 is 19.8 Å². The van der Waals surface area contributed by atoms with E-state index >= 15 is 0 Å². The molecule has 2 aromatic rings. The molecule has 0 fully saturated rings. The Morgan fingerprint density at radius 1 is 0.488 bits per heavy atom. The van der Waals surface area contributed by atoms with Crippen molar-refractivity contribution in [3.8, 4) is 11.5 Å². The zero-order valence-corrected chi connectivity index (χ0v) is 27.9. The fourth-order valence-electron chi connectivity index (χ4n) is 5.98. The van der Waals surface area contributed by atoms with Gasteiger partial charge in [-0.15, -0.1) is 0 Å². The number of hydrogen-bond acceptors (Lipinski definition) is 4. The number of unbranched alkanes of at least 4 members (excludes halogenated alkanes) is 16. The van der Waals surface area contributed by atoms with Crippen LogP contribution in [0.2, 0.25) is 0 Å². The summed E-state index contributed by atoms with van der Waals surface area (Å²) in [7, 11) is 0. The second kappa shape index (κ2) is 21.1. The number of carbonyl (C=O) groups is 2. The number of ketones is 2. The fourth-order valence-corrected chi connectivity index (χ4v) is 5.98. The standard InChI is InChI=1S/C39H60O4/c1-5-7-9-11-13-15-17-19-21-23-36(40)32-25-30(3)38(42)34(27-32)29-35-28-33(26-31(4)39(35)43)37(41)24-22-20-18-16-14-12-10-8-6-2/h25-28,42-43H,5-24,29H2,1-4H3. The van der Waals surface area contributed by atoms with E-state index in [1.54, 1.807) is 24.3 Å². The first-order valence-corrected chi connectivity index (χ1v) is 17.5. The maximum absolute atomic E-state index is 13.0. The minimum absolute atomic E-state index is 0.0950. The third kappa shape index (κ3) is 13.7. The van der Waals surface area contributed by atoms with Gasteiger partial charge >= 0.3 is 0 Å². The van der Waals surface area contributed by atoms with Crippen molar-refractivity contribution in [1.29, 1.82) is 0 Å². The SMILES string of the molecule is CCCCCCCCCCCC(=O)c1cc(C)c(O)c(Cc2cc(C(=O)CCCCCCCCCCC)cc(C)c2O)c1. The van der Waals surface area contributed by atoms with Gasteiger partial charge in [0, 0.05) is 30.4 Å². The Morgan fingerprint density at radius 3 is 1.12 bits per heavy atom. The summed E-state index contributed by atoms with van der Waals surface area (Å²) in [6.45, 7) is 8.09. The number of phenolic OH excluding ortho intramolecular Hbond substituents is 2. The molecule has 43 heavy (non-hydrogen) atoms. The van der Waals surface area contributed by atoms with Crippen LogP contribution in [-0.2, 0) is 6.42 Å². The van der Waals surface area contributed by atoms with E-state index in [9.17, 15) is 19.8 Å². The van der Waals surface area contributed by atoms with E-state index in [1.165, 1.54) is 89.9 Å². The number of hydrogen-bond donors (Lipinski definition) is 2. The Kier molecular flexibility index (Phi) is 18.0. The summed E-state index contributed by atoms with van der Waals surface area (Å²) in [6.07, 6.45) is 23.0. The average Bonchev–Trinajstić information content (AvgIpc) is 2.99. The van der Waals surface area contributed by atoms with Crippen molar-refractivity contribution in [2.45, 2.75) is 163 Å². The normalized spacial score (nSPS) is 11.3. The van der Waals surface area contributed by atoms with Gasteiger partial charge in [-0.3, -0.25) is 9.59 Å². The van der Waals surface area contributed by atoms with Gasteiger partial charge in [-0.05, 0) is 73.2 Å². The van der Waals surface area contributed by atoms with Gasteiger partial charge in [0.05, 0.1) is 0 Å². The van der Waals surface area contributed by atoms with Crippen molar-refractivity contribution >= 4 is 11.6 Å². The van der Waals surface area contributed by atoms with Crippen LogP contribution >= 0.6 is 0 Å². The first kappa shape index (κ1) is 36.6. The quantitative estimate of drug-likeness (QED) is 0.0939. The molecular formula is C39H60O4. The van der Waals surface area contributed by atoms with Gasteiger partial charge in [0.25, 0.3) is 0 Å². The van der Waals surface area contributed by atoms with E-state index in [4.69, 9.17) is 0 Å². The number of aryl methyl sites for hydroxylation is 2. The molecule has 0 aliphatic rings. The smallest absolute Gasteiger partial charge is 0.162 e. The molecule has 0 bridgehead atoms. The van der Waals surface area contributed by atoms with Crippen molar-refractivity contribution in [3.05, 3.63) is 57.6 Å². The lowest BCUT2D eigenvalue weighted by Crippen LogP contribution is -2.04. The Hall–Kier alpha value is -2.62. The monoisotopic (exact) mass is 592 g/mol. The first-order chi connectivity index (χ1) is 20.8. The molecule has 0 saturated carbocycles. The lowest BCUT2D eigenvalue weighted by atomic mass is 9.92. The van der Waals surface area contributed by atoms with Crippen LogP contribution < -0.4 is 0 Å². The second-order valence-electron chi connectivity index (χ2n) is 12.8. The highest BCUT2D eigenvalue weighted by Gasteiger charge is 2.17. The van der Waals surface area contributed by atoms with Crippen LogP contribution in [0.4, 0.5) is 0 Å².